The minimum atomic E-state index is -5.79. The summed E-state index contributed by atoms with van der Waals surface area (Å²) < 4.78 is 46.9. The van der Waals surface area contributed by atoms with E-state index in [0.717, 1.165) is 51.3 Å². The summed E-state index contributed by atoms with van der Waals surface area (Å²) in [6.07, 6.45) is -0.0185. The highest BCUT2D eigenvalue weighted by molar-refractivity contribution is 7.52. The van der Waals surface area contributed by atoms with E-state index in [2.05, 4.69) is 11.4 Å². The third-order valence-electron chi connectivity index (χ3n) is 9.81. The number of benzene rings is 3. The first-order valence-electron chi connectivity index (χ1n) is 17.0. The van der Waals surface area contributed by atoms with Crippen LogP contribution in [0.3, 0.4) is 0 Å². The van der Waals surface area contributed by atoms with Crippen molar-refractivity contribution in [2.75, 3.05) is 19.7 Å². The van der Waals surface area contributed by atoms with Gasteiger partial charge in [-0.25, -0.2) is 0 Å². The monoisotopic (exact) mass is 753 g/mol. The molecule has 4 aromatic rings. The zero-order valence-corrected chi connectivity index (χ0v) is 31.3. The fraction of sp³-hybridized carbons (Fsp3) is 0.395. The molecule has 2 unspecified atom stereocenters. The Morgan fingerprint density at radius 1 is 1.00 bits per heavy atom. The predicted molar refractivity (Wildman–Crippen MR) is 194 cm³/mol. The lowest BCUT2D eigenvalue weighted by Crippen LogP contribution is -2.61. The Kier molecular flexibility index (Phi) is 10.2. The third-order valence-corrected chi connectivity index (χ3v) is 11.9. The molecular weight excluding hydrogens is 711 g/mol. The number of morpholine rings is 1. The van der Waals surface area contributed by atoms with Crippen LogP contribution in [0.1, 0.15) is 69.9 Å². The topological polar surface area (TPSA) is 136 Å². The number of aryl methyl sites for hydroxylation is 2. The maximum absolute atomic E-state index is 14.7. The summed E-state index contributed by atoms with van der Waals surface area (Å²) in [7, 11) is -5.79. The number of nitrogens with zero attached hydrogens (tertiary/aromatic N) is 2. The first kappa shape index (κ1) is 37.7. The first-order valence-corrected chi connectivity index (χ1v) is 19.4. The van der Waals surface area contributed by atoms with E-state index in [1.165, 1.54) is 12.1 Å². The molecule has 3 amide bonds. The van der Waals surface area contributed by atoms with Crippen molar-refractivity contribution in [2.45, 2.75) is 71.4 Å². The van der Waals surface area contributed by atoms with Crippen LogP contribution in [0.2, 0.25) is 0 Å². The van der Waals surface area contributed by atoms with Gasteiger partial charge in [-0.15, -0.1) is 11.3 Å². The van der Waals surface area contributed by atoms with Gasteiger partial charge in [-0.1, -0.05) is 74.9 Å². The summed E-state index contributed by atoms with van der Waals surface area (Å²) in [5, 5.41) is 3.06. The van der Waals surface area contributed by atoms with Crippen molar-refractivity contribution in [2.24, 2.45) is 5.41 Å². The molecule has 0 spiro atoms. The molecule has 52 heavy (non-hydrogen) atoms. The van der Waals surface area contributed by atoms with E-state index in [1.54, 1.807) is 9.80 Å². The largest absolute Gasteiger partial charge is 0.399 e. The Hall–Kier alpha value is -4.00. The molecule has 3 aromatic carbocycles. The summed E-state index contributed by atoms with van der Waals surface area (Å²) in [4.78, 5) is 64.7. The number of thiophene rings is 1. The van der Waals surface area contributed by atoms with E-state index in [-0.39, 0.29) is 28.8 Å². The van der Waals surface area contributed by atoms with Crippen molar-refractivity contribution >= 4 is 46.7 Å². The van der Waals surface area contributed by atoms with Gasteiger partial charge in [-0.3, -0.25) is 18.9 Å². The summed E-state index contributed by atoms with van der Waals surface area (Å²) in [5.41, 5.74) is -1.00. The van der Waals surface area contributed by atoms with Crippen molar-refractivity contribution in [3.05, 3.63) is 105 Å². The smallest absolute Gasteiger partial charge is 0.370 e. The molecule has 14 heteroatoms. The first-order chi connectivity index (χ1) is 24.3. The quantitative estimate of drug-likeness (QED) is 0.185. The van der Waals surface area contributed by atoms with Gasteiger partial charge in [0.05, 0.1) is 18.0 Å². The standard InChI is InChI=1S/C38H42F2N3O7PS/c1-22-10-12-28(23(2)16-22)30-21-42(14-15-50-30)35(45)29-18-24-8-6-7-9-25(24)20-43(29)36(46)33(37(3,4)5)41-34(44)32-19-26-17-27(11-13-31(26)52-32)38(39,40)51(47,48)49/h6-13,16-17,19,29-30,33H,14-15,18,20-21H2,1-5H3,(H,41,44)(H2,47,48,49)/t29-,30?,33?/m0/s1. The molecule has 1 fully saturated rings. The number of fused-ring (bicyclic) bond motifs is 2. The zero-order chi connectivity index (χ0) is 37.7. The van der Waals surface area contributed by atoms with Gasteiger partial charge < -0.3 is 29.6 Å². The van der Waals surface area contributed by atoms with Gasteiger partial charge in [0.15, 0.2) is 0 Å². The Labute approximate surface area is 304 Å². The van der Waals surface area contributed by atoms with Gasteiger partial charge in [0.25, 0.3) is 5.91 Å². The van der Waals surface area contributed by atoms with E-state index in [9.17, 15) is 37.5 Å². The molecule has 2 aliphatic heterocycles. The summed E-state index contributed by atoms with van der Waals surface area (Å²) in [6.45, 7) is 10.7. The van der Waals surface area contributed by atoms with Gasteiger partial charge >= 0.3 is 13.3 Å². The van der Waals surface area contributed by atoms with Gasteiger partial charge in [-0.05, 0) is 65.1 Å². The number of halogens is 2. The van der Waals surface area contributed by atoms with Crippen LogP contribution >= 0.6 is 18.9 Å². The summed E-state index contributed by atoms with van der Waals surface area (Å²) in [5.74, 6) is -1.26. The number of carbonyl (C=O) groups excluding carboxylic acids is 3. The molecule has 1 aromatic heterocycles. The van der Waals surface area contributed by atoms with Crippen LogP contribution in [-0.2, 0) is 37.5 Å². The number of hydrogen-bond donors (Lipinski definition) is 3. The normalized spacial score (nSPS) is 18.9. The SMILES string of the molecule is Cc1ccc(C2CN(C(=O)[C@@H]3Cc4ccccc4CN3C(=O)C(NC(=O)c3cc4cc(C(F)(F)P(=O)(O)O)ccc4s3)C(C)(C)C)CCO2)c(C)c1. The highest BCUT2D eigenvalue weighted by Gasteiger charge is 2.50. The third kappa shape index (κ3) is 7.43. The second-order valence-electron chi connectivity index (χ2n) is 14.7. The average molecular weight is 754 g/mol. The van der Waals surface area contributed by atoms with Crippen molar-refractivity contribution < 1.29 is 42.3 Å². The van der Waals surface area contributed by atoms with Crippen molar-refractivity contribution in [1.82, 2.24) is 15.1 Å². The Morgan fingerprint density at radius 3 is 2.38 bits per heavy atom. The van der Waals surface area contributed by atoms with Crippen LogP contribution in [0.4, 0.5) is 8.78 Å². The second kappa shape index (κ2) is 14.1. The molecule has 2 aliphatic rings. The van der Waals surface area contributed by atoms with Crippen LogP contribution in [0.15, 0.2) is 66.7 Å². The van der Waals surface area contributed by atoms with E-state index in [4.69, 9.17) is 4.74 Å². The Morgan fingerprint density at radius 2 is 1.71 bits per heavy atom. The Balaban J connectivity index is 1.27. The number of alkyl halides is 2. The average Bonchev–Trinajstić information content (AvgIpc) is 3.52. The van der Waals surface area contributed by atoms with E-state index < -0.39 is 48.1 Å². The molecule has 0 aliphatic carbocycles. The fourth-order valence-corrected chi connectivity index (χ4v) is 8.36. The number of ether oxygens (including phenoxy) is 1. The molecule has 0 radical (unpaired) electrons. The maximum Gasteiger partial charge on any atom is 0.399 e. The van der Waals surface area contributed by atoms with E-state index >= 15 is 0 Å². The predicted octanol–water partition coefficient (Wildman–Crippen LogP) is 6.44. The Bertz CT molecular complexity index is 2090. The van der Waals surface area contributed by atoms with E-state index in [0.29, 0.717) is 30.8 Å². The fourth-order valence-electron chi connectivity index (χ4n) is 6.94. The van der Waals surface area contributed by atoms with Crippen LogP contribution in [0.5, 0.6) is 0 Å². The maximum atomic E-state index is 14.7. The molecule has 1 saturated heterocycles. The van der Waals surface area contributed by atoms with Crippen LogP contribution in [0.25, 0.3) is 10.1 Å². The lowest BCUT2D eigenvalue weighted by molar-refractivity contribution is -0.153. The van der Waals surface area contributed by atoms with E-state index in [1.807, 2.05) is 71.0 Å². The summed E-state index contributed by atoms with van der Waals surface area (Å²) >= 11 is 0.999. The van der Waals surface area contributed by atoms with Crippen LogP contribution in [-0.4, -0.2) is 69.1 Å². The minimum absolute atomic E-state index is 0.121. The van der Waals surface area contributed by atoms with Gasteiger partial charge in [0.2, 0.25) is 11.8 Å². The second-order valence-corrected chi connectivity index (χ2v) is 17.4. The number of nitrogens with one attached hydrogen (secondary N) is 1. The highest BCUT2D eigenvalue weighted by Crippen LogP contribution is 2.59. The van der Waals surface area contributed by atoms with Crippen molar-refractivity contribution in [1.29, 1.82) is 0 Å². The van der Waals surface area contributed by atoms with Gasteiger partial charge in [-0.2, -0.15) is 8.78 Å². The minimum Gasteiger partial charge on any atom is -0.370 e. The molecule has 3 N–H and O–H groups in total. The molecule has 276 valence electrons. The number of amides is 3. The number of hydrogen-bond acceptors (Lipinski definition) is 6. The molecular formula is C38H42F2N3O7PS. The molecule has 6 rings (SSSR count). The van der Waals surface area contributed by atoms with Crippen LogP contribution < -0.4 is 5.32 Å². The van der Waals surface area contributed by atoms with Crippen molar-refractivity contribution in [3.63, 3.8) is 0 Å². The zero-order valence-electron chi connectivity index (χ0n) is 29.6. The van der Waals surface area contributed by atoms with Crippen molar-refractivity contribution in [3.8, 4) is 0 Å². The summed E-state index contributed by atoms with van der Waals surface area (Å²) in [6, 6.07) is 16.4. The number of carbonyl (C=O) groups is 3. The lowest BCUT2D eigenvalue weighted by atomic mass is 9.84. The van der Waals surface area contributed by atoms with Crippen LogP contribution in [0, 0.1) is 19.3 Å². The molecule has 0 saturated carbocycles. The molecule has 10 nitrogen and oxygen atoms in total. The number of rotatable bonds is 7. The molecule has 0 bridgehead atoms. The van der Waals surface area contributed by atoms with Gasteiger partial charge in [0, 0.05) is 29.8 Å². The molecule has 3 atom stereocenters. The lowest BCUT2D eigenvalue weighted by Gasteiger charge is -2.43. The molecule has 3 heterocycles. The van der Waals surface area contributed by atoms with Gasteiger partial charge in [0.1, 0.15) is 18.2 Å². The highest BCUT2D eigenvalue weighted by atomic mass is 32.1.